The maximum Gasteiger partial charge on any atom is 0.460 e. The van der Waals surface area contributed by atoms with Gasteiger partial charge in [0.05, 0.1) is 29.7 Å². The summed E-state index contributed by atoms with van der Waals surface area (Å²) < 4.78 is 95.9. The van der Waals surface area contributed by atoms with Gasteiger partial charge in [0.2, 0.25) is 0 Å². The minimum atomic E-state index is -6.55. The van der Waals surface area contributed by atoms with E-state index < -0.39 is 36.2 Å². The second-order valence-corrected chi connectivity index (χ2v) is 12.0. The predicted octanol–water partition coefficient (Wildman–Crippen LogP) is 5.81. The third kappa shape index (κ3) is 6.57. The number of hydrogen-bond donors (Lipinski definition) is 2. The molecule has 1 aliphatic rings. The lowest BCUT2D eigenvalue weighted by Crippen LogP contribution is -2.50. The van der Waals surface area contributed by atoms with Gasteiger partial charge in [-0.1, -0.05) is 11.3 Å². The van der Waals surface area contributed by atoms with E-state index in [9.17, 15) is 40.3 Å². The van der Waals surface area contributed by atoms with Crippen LogP contribution in [0.1, 0.15) is 56.2 Å². The van der Waals surface area contributed by atoms with Crippen molar-refractivity contribution < 1.29 is 40.3 Å². The summed E-state index contributed by atoms with van der Waals surface area (Å²) in [5.74, 6) is -12.6. The van der Waals surface area contributed by atoms with E-state index in [2.05, 4.69) is 53.6 Å². The molecule has 0 spiro atoms. The molecule has 0 bridgehead atoms. The number of hydrogen-bond acceptors (Lipinski definition) is 6. The molecule has 5 rings (SSSR count). The number of carbonyl (C=O) groups excluding carboxylic acids is 2. The van der Waals surface area contributed by atoms with Crippen molar-refractivity contribution in [2.24, 2.45) is 5.92 Å². The van der Waals surface area contributed by atoms with Crippen molar-refractivity contribution in [1.29, 1.82) is 0 Å². The van der Waals surface area contributed by atoms with Crippen molar-refractivity contribution in [1.82, 2.24) is 35.1 Å². The Labute approximate surface area is 269 Å². The Morgan fingerprint density at radius 1 is 1.02 bits per heavy atom. The first kappa shape index (κ1) is 33.3. The molecule has 2 amide bonds. The summed E-state index contributed by atoms with van der Waals surface area (Å²) in [6.07, 6.45) is -2.83. The minimum Gasteiger partial charge on any atom is -0.352 e. The third-order valence-corrected chi connectivity index (χ3v) is 7.76. The first-order valence-corrected chi connectivity index (χ1v) is 14.7. The zero-order valence-corrected chi connectivity index (χ0v) is 26.1. The number of benzene rings is 1. The standard InChI is InChI=1S/C28H24F7IN8O2/c1-14-4-3-7-37-23(14)44-20(25(46)39-22-15(2)8-17(36)9-19(22)24(45)38-11-16-5-6-16)10-18(41-44)12-43-13-21(40-42-43)26(29,30)27(31,32)28(33,34)35/h3-4,7-10,13,16H,5-6,11-12H2,1-2H3,(H,38,45)(H,39,46). The average Bonchev–Trinajstić information content (AvgIpc) is 3.52. The molecule has 10 nitrogen and oxygen atoms in total. The Hall–Kier alpha value is -4.10. The van der Waals surface area contributed by atoms with Crippen LogP contribution in [0.2, 0.25) is 0 Å². The van der Waals surface area contributed by atoms with Crippen LogP contribution in [0, 0.1) is 23.3 Å². The van der Waals surface area contributed by atoms with Gasteiger partial charge >= 0.3 is 18.0 Å². The monoisotopic (exact) mass is 764 g/mol. The van der Waals surface area contributed by atoms with Crippen molar-refractivity contribution in [3.05, 3.63) is 80.1 Å². The van der Waals surface area contributed by atoms with Crippen molar-refractivity contribution in [3.8, 4) is 5.82 Å². The number of alkyl halides is 7. The Balaban J connectivity index is 1.48. The molecule has 0 unspecified atom stereocenters. The highest BCUT2D eigenvalue weighted by atomic mass is 127. The van der Waals surface area contributed by atoms with E-state index in [4.69, 9.17) is 0 Å². The molecule has 1 aromatic carbocycles. The molecule has 1 saturated carbocycles. The Morgan fingerprint density at radius 3 is 2.39 bits per heavy atom. The lowest BCUT2D eigenvalue weighted by atomic mass is 10.1. The van der Waals surface area contributed by atoms with Crippen LogP contribution in [0.3, 0.4) is 0 Å². The van der Waals surface area contributed by atoms with Gasteiger partial charge in [0.15, 0.2) is 11.5 Å². The molecule has 2 N–H and O–H groups in total. The van der Waals surface area contributed by atoms with Gasteiger partial charge in [-0.15, -0.1) is 5.10 Å². The van der Waals surface area contributed by atoms with Gasteiger partial charge in [-0.3, -0.25) is 9.59 Å². The number of carbonyl (C=O) groups is 2. The summed E-state index contributed by atoms with van der Waals surface area (Å²) in [5.41, 5.74) is -0.426. The number of halogens is 8. The normalized spacial score (nSPS) is 14.0. The fourth-order valence-electron chi connectivity index (χ4n) is 4.47. The second kappa shape index (κ2) is 12.3. The Morgan fingerprint density at radius 2 is 1.74 bits per heavy atom. The van der Waals surface area contributed by atoms with Gasteiger partial charge in [-0.2, -0.15) is 35.8 Å². The van der Waals surface area contributed by atoms with Gasteiger partial charge < -0.3 is 10.6 Å². The summed E-state index contributed by atoms with van der Waals surface area (Å²) in [7, 11) is 0. The molecule has 18 heteroatoms. The molecular weight excluding hydrogens is 740 g/mol. The average molecular weight is 764 g/mol. The van der Waals surface area contributed by atoms with Crippen molar-refractivity contribution in [2.45, 2.75) is 51.3 Å². The molecule has 4 aromatic rings. The summed E-state index contributed by atoms with van der Waals surface area (Å²) in [6.45, 7) is 3.35. The molecule has 0 saturated heterocycles. The van der Waals surface area contributed by atoms with Crippen LogP contribution >= 0.6 is 22.6 Å². The summed E-state index contributed by atoms with van der Waals surface area (Å²) in [5, 5.41) is 16.1. The van der Waals surface area contributed by atoms with E-state index >= 15 is 0 Å². The van der Waals surface area contributed by atoms with Crippen LogP contribution in [0.25, 0.3) is 5.82 Å². The fraction of sp³-hybridized carbons (Fsp3) is 0.357. The Kier molecular flexibility index (Phi) is 8.86. The summed E-state index contributed by atoms with van der Waals surface area (Å²) in [6, 6.07) is 7.95. The van der Waals surface area contributed by atoms with Gasteiger partial charge in [0.1, 0.15) is 5.69 Å². The number of aryl methyl sites for hydroxylation is 2. The molecule has 46 heavy (non-hydrogen) atoms. The highest BCUT2D eigenvalue weighted by Gasteiger charge is 2.74. The number of anilines is 1. The van der Waals surface area contributed by atoms with E-state index in [0.717, 1.165) is 21.1 Å². The first-order valence-electron chi connectivity index (χ1n) is 13.6. The largest absolute Gasteiger partial charge is 0.460 e. The molecule has 0 radical (unpaired) electrons. The summed E-state index contributed by atoms with van der Waals surface area (Å²) in [4.78, 5) is 31.1. The molecule has 0 aliphatic heterocycles. The van der Waals surface area contributed by atoms with E-state index in [-0.39, 0.29) is 40.6 Å². The zero-order valence-electron chi connectivity index (χ0n) is 24.0. The molecule has 1 aliphatic carbocycles. The van der Waals surface area contributed by atoms with Crippen LogP contribution in [-0.2, 0) is 12.5 Å². The van der Waals surface area contributed by atoms with E-state index in [1.54, 1.807) is 38.1 Å². The Bertz CT molecular complexity index is 1800. The molecule has 1 fully saturated rings. The van der Waals surface area contributed by atoms with Crippen molar-refractivity contribution in [3.63, 3.8) is 0 Å². The number of aromatic nitrogens is 6. The second-order valence-electron chi connectivity index (χ2n) is 10.8. The van der Waals surface area contributed by atoms with E-state index in [1.807, 2.05) is 0 Å². The number of amides is 2. The summed E-state index contributed by atoms with van der Waals surface area (Å²) >= 11 is 2.05. The highest BCUT2D eigenvalue weighted by Crippen LogP contribution is 2.51. The smallest absolute Gasteiger partial charge is 0.352 e. The van der Waals surface area contributed by atoms with Crippen LogP contribution in [0.15, 0.2) is 42.7 Å². The van der Waals surface area contributed by atoms with Gasteiger partial charge in [-0.25, -0.2) is 14.3 Å². The molecule has 3 aromatic heterocycles. The lowest BCUT2D eigenvalue weighted by Gasteiger charge is -2.26. The fourth-order valence-corrected chi connectivity index (χ4v) is 5.25. The number of pyridine rings is 1. The number of nitrogens with zero attached hydrogens (tertiary/aromatic N) is 6. The van der Waals surface area contributed by atoms with Crippen LogP contribution in [0.5, 0.6) is 0 Å². The zero-order chi connectivity index (χ0) is 33.6. The van der Waals surface area contributed by atoms with Gasteiger partial charge in [0.25, 0.3) is 11.8 Å². The lowest BCUT2D eigenvalue weighted by molar-refractivity contribution is -0.360. The van der Waals surface area contributed by atoms with Crippen molar-refractivity contribution in [2.75, 3.05) is 11.9 Å². The van der Waals surface area contributed by atoms with Crippen LogP contribution in [0.4, 0.5) is 36.4 Å². The van der Waals surface area contributed by atoms with Gasteiger partial charge in [-0.05, 0) is 90.6 Å². The molecule has 244 valence electrons. The SMILES string of the molecule is Cc1cccnc1-n1nc(Cn2cc(C(F)(F)C(F)(F)C(F)(F)F)nn2)cc1C(=O)Nc1c(C)cc(I)cc1C(=O)NCC1CC1. The van der Waals surface area contributed by atoms with Crippen LogP contribution < -0.4 is 10.6 Å². The molecule has 0 atom stereocenters. The number of nitrogens with one attached hydrogen (secondary N) is 2. The van der Waals surface area contributed by atoms with Gasteiger partial charge in [0, 0.05) is 16.3 Å². The molecular formula is C28H24F7IN8O2. The topological polar surface area (TPSA) is 120 Å². The van der Waals surface area contributed by atoms with E-state index in [0.29, 0.717) is 28.3 Å². The quantitative estimate of drug-likeness (QED) is 0.156. The maximum absolute atomic E-state index is 14.2. The third-order valence-electron chi connectivity index (χ3n) is 7.14. The first-order chi connectivity index (χ1) is 21.5. The molecule has 3 heterocycles. The highest BCUT2D eigenvalue weighted by molar-refractivity contribution is 14.1. The number of rotatable bonds is 10. The minimum absolute atomic E-state index is 0.0284. The van der Waals surface area contributed by atoms with E-state index in [1.165, 1.54) is 12.3 Å². The predicted molar refractivity (Wildman–Crippen MR) is 157 cm³/mol. The maximum atomic E-state index is 14.2. The van der Waals surface area contributed by atoms with Crippen molar-refractivity contribution >= 4 is 40.1 Å². The van der Waals surface area contributed by atoms with Crippen LogP contribution in [-0.4, -0.2) is 60.2 Å².